The van der Waals surface area contributed by atoms with Crippen molar-refractivity contribution in [3.63, 3.8) is 0 Å². The Balaban J connectivity index is 1.44. The topological polar surface area (TPSA) is 171 Å². The van der Waals surface area contributed by atoms with Gasteiger partial charge in [-0.1, -0.05) is 42.3 Å². The van der Waals surface area contributed by atoms with Gasteiger partial charge in [0.05, 0.1) is 43.2 Å². The van der Waals surface area contributed by atoms with Crippen molar-refractivity contribution in [2.75, 3.05) is 32.1 Å². The summed E-state index contributed by atoms with van der Waals surface area (Å²) in [6, 6.07) is 15.4. The summed E-state index contributed by atoms with van der Waals surface area (Å²) in [4.78, 5) is 42.6. The number of amides is 2. The lowest BCUT2D eigenvalue weighted by atomic mass is 9.97. The first-order valence-electron chi connectivity index (χ1n) is 17.6. The highest BCUT2D eigenvalue weighted by molar-refractivity contribution is 7.90. The van der Waals surface area contributed by atoms with Gasteiger partial charge in [-0.15, -0.1) is 0 Å². The van der Waals surface area contributed by atoms with Crippen molar-refractivity contribution < 1.29 is 46.9 Å². The van der Waals surface area contributed by atoms with Crippen LogP contribution in [0.2, 0.25) is 5.15 Å². The predicted molar refractivity (Wildman–Crippen MR) is 199 cm³/mol. The van der Waals surface area contributed by atoms with Gasteiger partial charge in [-0.05, 0) is 94.3 Å². The first-order valence-corrected chi connectivity index (χ1v) is 19.6. The Hall–Kier alpha value is -4.40. The average molecular weight is 774 g/mol. The molecule has 1 saturated carbocycles. The van der Waals surface area contributed by atoms with Crippen LogP contribution < -0.4 is 14.2 Å². The van der Waals surface area contributed by atoms with Crippen LogP contribution in [0.4, 0.5) is 4.79 Å². The largest absolute Gasteiger partial charge is 0.492 e. The number of halogens is 1. The molecule has 1 atom stereocenters. The van der Waals surface area contributed by atoms with Crippen molar-refractivity contribution in [2.24, 2.45) is 0 Å². The molecule has 0 saturated heterocycles. The first kappa shape index (κ1) is 41.4. The van der Waals surface area contributed by atoms with Gasteiger partial charge in [-0.3, -0.25) is 9.59 Å². The van der Waals surface area contributed by atoms with Gasteiger partial charge in [0, 0.05) is 18.7 Å². The molecular formula is C38H48ClN3O10S. The van der Waals surface area contributed by atoms with Crippen LogP contribution in [0.1, 0.15) is 88.2 Å². The molecule has 2 amide bonds. The minimum absolute atomic E-state index is 0.0413. The third-order valence-electron chi connectivity index (χ3n) is 8.18. The lowest BCUT2D eigenvalue weighted by Gasteiger charge is -2.29. The average Bonchev–Trinajstić information content (AvgIpc) is 3.09. The molecule has 2 aromatic carbocycles. The molecule has 1 heterocycles. The van der Waals surface area contributed by atoms with Gasteiger partial charge in [0.2, 0.25) is 10.0 Å². The number of hydrogen-bond donors (Lipinski definition) is 2. The monoisotopic (exact) mass is 773 g/mol. The highest BCUT2D eigenvalue weighted by atomic mass is 35.5. The van der Waals surface area contributed by atoms with E-state index < -0.39 is 39.7 Å². The Labute approximate surface area is 316 Å². The second-order valence-electron chi connectivity index (χ2n) is 13.8. The fraction of sp³-hybridized carbons (Fsp3) is 0.474. The van der Waals surface area contributed by atoms with E-state index in [1.165, 1.54) is 18.0 Å². The molecule has 2 N–H and O–H groups in total. The molecule has 4 rings (SSSR count). The predicted octanol–water partition coefficient (Wildman–Crippen LogP) is 6.48. The number of ether oxygens (including phenoxy) is 4. The van der Waals surface area contributed by atoms with Crippen molar-refractivity contribution in [3.05, 3.63) is 77.1 Å². The fourth-order valence-corrected chi connectivity index (χ4v) is 6.67. The van der Waals surface area contributed by atoms with Crippen molar-refractivity contribution in [1.82, 2.24) is 14.6 Å². The van der Waals surface area contributed by atoms with E-state index in [1.807, 2.05) is 12.1 Å². The van der Waals surface area contributed by atoms with Gasteiger partial charge >= 0.3 is 12.1 Å². The summed E-state index contributed by atoms with van der Waals surface area (Å²) in [5, 5.41) is 11.1. The number of nitrogens with one attached hydrogen (secondary N) is 1. The number of rotatable bonds is 16. The Morgan fingerprint density at radius 2 is 1.70 bits per heavy atom. The molecule has 1 aliphatic rings. The van der Waals surface area contributed by atoms with E-state index in [0.29, 0.717) is 11.3 Å². The Bertz CT molecular complexity index is 1790. The SMILES string of the molecule is CC(=O)OCCCS(=O)(=O)NC(=O)c1ccc(-c2ccc(OCCN(C[C@H](O)c3ccc(Cl)nc3)C(=O)OC(C)(C)C)cc2)cc1OC1CCCCC1. The van der Waals surface area contributed by atoms with Crippen LogP contribution in [-0.2, 0) is 24.3 Å². The quantitative estimate of drug-likeness (QED) is 0.0928. The van der Waals surface area contributed by atoms with E-state index >= 15 is 0 Å². The second kappa shape index (κ2) is 19.1. The zero-order chi connectivity index (χ0) is 38.6. The zero-order valence-electron chi connectivity index (χ0n) is 30.5. The molecule has 288 valence electrons. The van der Waals surface area contributed by atoms with E-state index in [1.54, 1.807) is 63.2 Å². The molecular weight excluding hydrogens is 726 g/mol. The van der Waals surface area contributed by atoms with Crippen LogP contribution in [0, 0.1) is 0 Å². The summed E-state index contributed by atoms with van der Waals surface area (Å²) in [7, 11) is -4.00. The van der Waals surface area contributed by atoms with Gasteiger partial charge in [-0.25, -0.2) is 22.9 Å². The van der Waals surface area contributed by atoms with Gasteiger partial charge in [0.15, 0.2) is 0 Å². The molecule has 0 aliphatic heterocycles. The summed E-state index contributed by atoms with van der Waals surface area (Å²) >= 11 is 5.88. The van der Waals surface area contributed by atoms with Crippen molar-refractivity contribution in [3.8, 4) is 22.6 Å². The molecule has 3 aromatic rings. The Kier molecular flexibility index (Phi) is 14.9. The summed E-state index contributed by atoms with van der Waals surface area (Å²) in [5.74, 6) is -0.896. The highest BCUT2D eigenvalue weighted by Crippen LogP contribution is 2.32. The highest BCUT2D eigenvalue weighted by Gasteiger charge is 2.26. The number of benzene rings is 2. The van der Waals surface area contributed by atoms with Crippen LogP contribution in [0.25, 0.3) is 11.1 Å². The van der Waals surface area contributed by atoms with Crippen molar-refractivity contribution >= 4 is 39.6 Å². The van der Waals surface area contributed by atoms with Gasteiger partial charge in [0.1, 0.15) is 28.9 Å². The lowest BCUT2D eigenvalue weighted by Crippen LogP contribution is -2.41. The van der Waals surface area contributed by atoms with Crippen LogP contribution in [0.3, 0.4) is 0 Å². The van der Waals surface area contributed by atoms with Gasteiger partial charge in [0.25, 0.3) is 5.91 Å². The summed E-state index contributed by atoms with van der Waals surface area (Å²) in [6.45, 7) is 6.63. The Morgan fingerprint density at radius 1 is 1.00 bits per heavy atom. The number of pyridine rings is 1. The maximum absolute atomic E-state index is 13.2. The van der Waals surface area contributed by atoms with Crippen LogP contribution in [-0.4, -0.2) is 85.1 Å². The van der Waals surface area contributed by atoms with Gasteiger partial charge < -0.3 is 29.0 Å². The third-order valence-corrected chi connectivity index (χ3v) is 9.73. The molecule has 0 unspecified atom stereocenters. The van der Waals surface area contributed by atoms with Crippen LogP contribution >= 0.6 is 11.6 Å². The van der Waals surface area contributed by atoms with Gasteiger partial charge in [-0.2, -0.15) is 0 Å². The number of aromatic nitrogens is 1. The lowest BCUT2D eigenvalue weighted by molar-refractivity contribution is -0.140. The number of hydrogen-bond acceptors (Lipinski definition) is 11. The first-order chi connectivity index (χ1) is 25.1. The molecule has 0 bridgehead atoms. The number of nitrogens with zero attached hydrogens (tertiary/aromatic N) is 2. The molecule has 0 radical (unpaired) electrons. The molecule has 1 aliphatic carbocycles. The maximum atomic E-state index is 13.2. The van der Waals surface area contributed by atoms with Crippen LogP contribution in [0.15, 0.2) is 60.8 Å². The molecule has 15 heteroatoms. The van der Waals surface area contributed by atoms with E-state index in [-0.39, 0.29) is 61.0 Å². The number of carbonyl (C=O) groups is 3. The Morgan fingerprint density at radius 3 is 2.34 bits per heavy atom. The van der Waals surface area contributed by atoms with Crippen LogP contribution in [0.5, 0.6) is 11.5 Å². The molecule has 13 nitrogen and oxygen atoms in total. The second-order valence-corrected chi connectivity index (χ2v) is 16.0. The standard InChI is InChI=1S/C38H48ClN3O10S/c1-26(43)49-20-8-22-53(47,48)41-36(45)32-17-13-28(23-34(32)51-31-9-6-5-7-10-31)27-11-15-30(16-12-27)50-21-19-42(37(46)52-38(2,3)4)25-33(44)29-14-18-35(39)40-24-29/h11-18,23-24,31,33,44H,5-10,19-22,25H2,1-4H3,(H,41,45)/t33-/m0/s1. The molecule has 0 spiro atoms. The number of aliphatic hydroxyl groups is 1. The molecule has 1 aromatic heterocycles. The van der Waals surface area contributed by atoms with E-state index in [0.717, 1.165) is 43.2 Å². The smallest absolute Gasteiger partial charge is 0.410 e. The summed E-state index contributed by atoms with van der Waals surface area (Å²) in [6.07, 6.45) is 4.52. The summed E-state index contributed by atoms with van der Waals surface area (Å²) in [5.41, 5.74) is 1.39. The van der Waals surface area contributed by atoms with E-state index in [2.05, 4.69) is 9.71 Å². The zero-order valence-corrected chi connectivity index (χ0v) is 32.1. The van der Waals surface area contributed by atoms with Crippen molar-refractivity contribution in [1.29, 1.82) is 0 Å². The fourth-order valence-electron chi connectivity index (χ4n) is 5.56. The van der Waals surface area contributed by atoms with E-state index in [4.69, 9.17) is 30.5 Å². The number of sulfonamides is 1. The number of esters is 1. The minimum atomic E-state index is -4.00. The third kappa shape index (κ3) is 13.8. The molecule has 1 fully saturated rings. The number of aliphatic hydroxyl groups excluding tert-OH is 1. The van der Waals surface area contributed by atoms with Crippen molar-refractivity contribution in [2.45, 2.75) is 84.0 Å². The number of carbonyl (C=O) groups excluding carboxylic acids is 3. The van der Waals surface area contributed by atoms with E-state index in [9.17, 15) is 27.9 Å². The summed E-state index contributed by atoms with van der Waals surface area (Å²) < 4.78 is 50.0. The maximum Gasteiger partial charge on any atom is 0.410 e. The minimum Gasteiger partial charge on any atom is -0.492 e. The molecule has 53 heavy (non-hydrogen) atoms. The normalized spacial score (nSPS) is 14.2.